The fraction of sp³-hybridized carbons (Fsp3) is 0.900. The Balaban J connectivity index is 3.93. The molecule has 90 valence electrons. The van der Waals surface area contributed by atoms with Crippen molar-refractivity contribution in [3.63, 3.8) is 0 Å². The Morgan fingerprint density at radius 1 is 1.33 bits per heavy atom. The van der Waals surface area contributed by atoms with Crippen LogP contribution in [0.4, 0.5) is 0 Å². The van der Waals surface area contributed by atoms with Crippen molar-refractivity contribution in [3.05, 3.63) is 0 Å². The molecular formula is C10H20O4S. The molecule has 1 N–H and O–H groups in total. The van der Waals surface area contributed by atoms with Gasteiger partial charge in [-0.3, -0.25) is 4.79 Å². The third-order valence-corrected chi connectivity index (χ3v) is 4.07. The molecule has 15 heavy (non-hydrogen) atoms. The molecule has 0 radical (unpaired) electrons. The lowest BCUT2D eigenvalue weighted by Crippen LogP contribution is -2.26. The highest BCUT2D eigenvalue weighted by molar-refractivity contribution is 7.91. The van der Waals surface area contributed by atoms with Crippen LogP contribution < -0.4 is 0 Å². The van der Waals surface area contributed by atoms with Gasteiger partial charge >= 0.3 is 0 Å². The van der Waals surface area contributed by atoms with Gasteiger partial charge in [0, 0.05) is 12.2 Å². The monoisotopic (exact) mass is 236 g/mol. The molecule has 0 aliphatic carbocycles. The SMILES string of the molecule is CCS(=O)(=O)CCCC(=O)C(O)C(C)C. The summed E-state index contributed by atoms with van der Waals surface area (Å²) < 4.78 is 22.2. The molecule has 0 aliphatic rings. The average molecular weight is 236 g/mol. The van der Waals surface area contributed by atoms with E-state index >= 15 is 0 Å². The first-order chi connectivity index (χ1) is 6.80. The van der Waals surface area contributed by atoms with Gasteiger partial charge in [-0.2, -0.15) is 0 Å². The summed E-state index contributed by atoms with van der Waals surface area (Å²) in [7, 11) is -2.99. The van der Waals surface area contributed by atoms with Gasteiger partial charge in [-0.05, 0) is 12.3 Å². The minimum Gasteiger partial charge on any atom is -0.385 e. The number of aliphatic hydroxyl groups excluding tert-OH is 1. The largest absolute Gasteiger partial charge is 0.385 e. The van der Waals surface area contributed by atoms with Crippen molar-refractivity contribution in [2.75, 3.05) is 11.5 Å². The van der Waals surface area contributed by atoms with Crippen LogP contribution in [0, 0.1) is 5.92 Å². The van der Waals surface area contributed by atoms with Crippen LogP contribution in [0.3, 0.4) is 0 Å². The smallest absolute Gasteiger partial charge is 0.161 e. The van der Waals surface area contributed by atoms with Crippen LogP contribution in [0.2, 0.25) is 0 Å². The maximum atomic E-state index is 11.3. The van der Waals surface area contributed by atoms with Crippen LogP contribution in [0.1, 0.15) is 33.6 Å². The normalized spacial score (nSPS) is 14.2. The average Bonchev–Trinajstić information content (AvgIpc) is 2.16. The van der Waals surface area contributed by atoms with Gasteiger partial charge in [0.25, 0.3) is 0 Å². The quantitative estimate of drug-likeness (QED) is 0.709. The minimum atomic E-state index is -2.99. The lowest BCUT2D eigenvalue weighted by atomic mass is 10.0. The van der Waals surface area contributed by atoms with E-state index in [2.05, 4.69) is 0 Å². The molecule has 0 saturated carbocycles. The molecule has 0 spiro atoms. The summed E-state index contributed by atoms with van der Waals surface area (Å²) in [5.41, 5.74) is 0. The molecule has 0 heterocycles. The van der Waals surface area contributed by atoms with E-state index in [4.69, 9.17) is 0 Å². The zero-order chi connectivity index (χ0) is 12.1. The van der Waals surface area contributed by atoms with Crippen LogP contribution in [-0.2, 0) is 14.6 Å². The van der Waals surface area contributed by atoms with Crippen LogP contribution in [0.25, 0.3) is 0 Å². The summed E-state index contributed by atoms with van der Waals surface area (Å²) >= 11 is 0. The zero-order valence-corrected chi connectivity index (χ0v) is 10.4. The van der Waals surface area contributed by atoms with E-state index < -0.39 is 15.9 Å². The summed E-state index contributed by atoms with van der Waals surface area (Å²) in [6.45, 7) is 5.09. The van der Waals surface area contributed by atoms with E-state index in [-0.39, 0.29) is 29.6 Å². The first-order valence-electron chi connectivity index (χ1n) is 5.21. The van der Waals surface area contributed by atoms with Gasteiger partial charge in [0.2, 0.25) is 0 Å². The fourth-order valence-electron chi connectivity index (χ4n) is 1.13. The molecule has 0 bridgehead atoms. The van der Waals surface area contributed by atoms with Gasteiger partial charge in [-0.1, -0.05) is 20.8 Å². The second-order valence-corrected chi connectivity index (χ2v) is 6.47. The summed E-state index contributed by atoms with van der Waals surface area (Å²) in [5, 5.41) is 9.38. The van der Waals surface area contributed by atoms with Crippen LogP contribution in [-0.4, -0.2) is 36.9 Å². The van der Waals surface area contributed by atoms with Gasteiger partial charge in [0.15, 0.2) is 5.78 Å². The highest BCUT2D eigenvalue weighted by atomic mass is 32.2. The molecule has 0 amide bonds. The van der Waals surface area contributed by atoms with Crippen LogP contribution in [0.15, 0.2) is 0 Å². The van der Waals surface area contributed by atoms with E-state index in [0.29, 0.717) is 6.42 Å². The molecule has 0 aromatic heterocycles. The van der Waals surface area contributed by atoms with E-state index in [1.165, 1.54) is 0 Å². The Morgan fingerprint density at radius 3 is 2.27 bits per heavy atom. The van der Waals surface area contributed by atoms with Crippen molar-refractivity contribution in [2.45, 2.75) is 39.7 Å². The number of hydrogen-bond acceptors (Lipinski definition) is 4. The number of rotatable bonds is 7. The van der Waals surface area contributed by atoms with Crippen molar-refractivity contribution in [3.8, 4) is 0 Å². The molecular weight excluding hydrogens is 216 g/mol. The maximum Gasteiger partial charge on any atom is 0.161 e. The van der Waals surface area contributed by atoms with Crippen molar-refractivity contribution in [1.82, 2.24) is 0 Å². The Kier molecular flexibility index (Phi) is 6.05. The summed E-state index contributed by atoms with van der Waals surface area (Å²) in [5.74, 6) is -0.245. The molecule has 1 unspecified atom stereocenters. The third-order valence-electron chi connectivity index (χ3n) is 2.28. The first kappa shape index (κ1) is 14.6. The van der Waals surface area contributed by atoms with Crippen LogP contribution in [0.5, 0.6) is 0 Å². The van der Waals surface area contributed by atoms with Crippen molar-refractivity contribution in [2.24, 2.45) is 5.92 Å². The Labute approximate surface area is 91.6 Å². The minimum absolute atomic E-state index is 0.0278. The lowest BCUT2D eigenvalue weighted by molar-refractivity contribution is -0.129. The summed E-state index contributed by atoms with van der Waals surface area (Å²) in [4.78, 5) is 11.3. The second-order valence-electron chi connectivity index (χ2n) is 4.00. The predicted molar refractivity (Wildman–Crippen MR) is 59.4 cm³/mol. The highest BCUT2D eigenvalue weighted by Crippen LogP contribution is 2.07. The summed E-state index contributed by atoms with van der Waals surface area (Å²) in [6, 6.07) is 0. The van der Waals surface area contributed by atoms with Crippen molar-refractivity contribution < 1.29 is 18.3 Å². The third kappa shape index (κ3) is 5.89. The Bertz CT molecular complexity index is 293. The molecule has 5 heteroatoms. The molecule has 0 fully saturated rings. The molecule has 0 aliphatic heterocycles. The van der Waals surface area contributed by atoms with Crippen molar-refractivity contribution in [1.29, 1.82) is 0 Å². The molecule has 0 aromatic rings. The highest BCUT2D eigenvalue weighted by Gasteiger charge is 2.19. The van der Waals surface area contributed by atoms with Gasteiger partial charge in [-0.25, -0.2) is 8.42 Å². The number of aliphatic hydroxyl groups is 1. The molecule has 0 saturated heterocycles. The molecule has 1 atom stereocenters. The molecule has 4 nitrogen and oxygen atoms in total. The molecule has 0 rings (SSSR count). The lowest BCUT2D eigenvalue weighted by Gasteiger charge is -2.12. The number of ketones is 1. The van der Waals surface area contributed by atoms with Crippen molar-refractivity contribution >= 4 is 15.6 Å². The Hall–Kier alpha value is -0.420. The predicted octanol–water partition coefficient (Wildman–Crippen LogP) is 0.787. The number of Topliss-reactive ketones (excluding diaryl/α,β-unsaturated/α-hetero) is 1. The molecule has 0 aromatic carbocycles. The maximum absolute atomic E-state index is 11.3. The number of sulfone groups is 1. The van der Waals surface area contributed by atoms with E-state index in [9.17, 15) is 18.3 Å². The summed E-state index contributed by atoms with van der Waals surface area (Å²) in [6.07, 6.45) is -0.522. The second kappa shape index (κ2) is 6.23. The van der Waals surface area contributed by atoms with Gasteiger partial charge in [0.1, 0.15) is 15.9 Å². The van der Waals surface area contributed by atoms with E-state index in [1.807, 2.05) is 0 Å². The van der Waals surface area contributed by atoms with Gasteiger partial charge in [-0.15, -0.1) is 0 Å². The van der Waals surface area contributed by atoms with Gasteiger partial charge in [0.05, 0.1) is 5.75 Å². The Morgan fingerprint density at radius 2 is 1.87 bits per heavy atom. The number of carbonyl (C=O) groups excluding carboxylic acids is 1. The topological polar surface area (TPSA) is 71.4 Å². The van der Waals surface area contributed by atoms with Crippen LogP contribution >= 0.6 is 0 Å². The fourth-order valence-corrected chi connectivity index (χ4v) is 2.00. The van der Waals surface area contributed by atoms with E-state index in [0.717, 1.165) is 0 Å². The standard InChI is InChI=1S/C10H20O4S/c1-4-15(13,14)7-5-6-9(11)10(12)8(2)3/h8,10,12H,4-7H2,1-3H3. The number of hydrogen-bond donors (Lipinski definition) is 1. The van der Waals surface area contributed by atoms with Gasteiger partial charge < -0.3 is 5.11 Å². The van der Waals surface area contributed by atoms with E-state index in [1.54, 1.807) is 20.8 Å². The number of carbonyl (C=O) groups is 1. The first-order valence-corrected chi connectivity index (χ1v) is 7.03. The zero-order valence-electron chi connectivity index (χ0n) is 9.56.